The molecule has 19 heavy (non-hydrogen) atoms. The molecule has 3 N–H and O–H groups in total. The Balaban J connectivity index is 0.00000180. The van der Waals surface area contributed by atoms with E-state index in [1.54, 1.807) is 13.2 Å². The summed E-state index contributed by atoms with van der Waals surface area (Å²) in [5.74, 6) is 0.310. The average molecular weight is 290 g/mol. The molecule has 1 aromatic heterocycles. The number of hydrogen-bond donors (Lipinski definition) is 2. The summed E-state index contributed by atoms with van der Waals surface area (Å²) in [5.41, 5.74) is 5.78. The van der Waals surface area contributed by atoms with Gasteiger partial charge in [-0.15, -0.1) is 12.4 Å². The fraction of sp³-hybridized carbons (Fsp3) is 0.667. The third-order valence-electron chi connectivity index (χ3n) is 3.41. The molecular weight excluding hydrogens is 270 g/mol. The molecule has 108 valence electrons. The van der Waals surface area contributed by atoms with E-state index in [0.29, 0.717) is 18.9 Å². The SMILES string of the molecule is COCc1cc(C(=O)NC2(CN)CCCC2)no1.Cl. The topological polar surface area (TPSA) is 90.4 Å². The second-order valence-electron chi connectivity index (χ2n) is 4.76. The molecule has 1 aliphatic carbocycles. The van der Waals surface area contributed by atoms with Crippen LogP contribution in [0.4, 0.5) is 0 Å². The average Bonchev–Trinajstić information content (AvgIpc) is 2.99. The van der Waals surface area contributed by atoms with Crippen LogP contribution in [-0.4, -0.2) is 30.3 Å². The van der Waals surface area contributed by atoms with Crippen molar-refractivity contribution in [2.75, 3.05) is 13.7 Å². The van der Waals surface area contributed by atoms with Gasteiger partial charge in [0.05, 0.1) is 5.54 Å². The fourth-order valence-electron chi connectivity index (χ4n) is 2.37. The minimum absolute atomic E-state index is 0. The number of carbonyl (C=O) groups is 1. The molecule has 0 spiro atoms. The molecule has 1 saturated carbocycles. The Bertz CT molecular complexity index is 416. The second-order valence-corrected chi connectivity index (χ2v) is 4.76. The summed E-state index contributed by atoms with van der Waals surface area (Å²) in [4.78, 5) is 12.1. The van der Waals surface area contributed by atoms with Crippen molar-refractivity contribution in [2.24, 2.45) is 5.73 Å². The third kappa shape index (κ3) is 3.68. The van der Waals surface area contributed by atoms with Gasteiger partial charge in [0.15, 0.2) is 11.5 Å². The van der Waals surface area contributed by atoms with Crippen molar-refractivity contribution in [2.45, 2.75) is 37.8 Å². The molecule has 0 unspecified atom stereocenters. The summed E-state index contributed by atoms with van der Waals surface area (Å²) in [5, 5.41) is 6.72. The Morgan fingerprint density at radius 1 is 1.58 bits per heavy atom. The number of methoxy groups -OCH3 is 1. The maximum atomic E-state index is 12.1. The van der Waals surface area contributed by atoms with E-state index in [2.05, 4.69) is 10.5 Å². The number of halogens is 1. The highest BCUT2D eigenvalue weighted by atomic mass is 35.5. The van der Waals surface area contributed by atoms with Crippen LogP contribution in [0.2, 0.25) is 0 Å². The Hall–Kier alpha value is -1.11. The number of nitrogens with two attached hydrogens (primary N) is 1. The fourth-order valence-corrected chi connectivity index (χ4v) is 2.37. The van der Waals surface area contributed by atoms with Gasteiger partial charge in [-0.1, -0.05) is 18.0 Å². The minimum Gasteiger partial charge on any atom is -0.377 e. The number of ether oxygens (including phenoxy) is 1. The normalized spacial score (nSPS) is 16.9. The van der Waals surface area contributed by atoms with Crippen LogP contribution in [0.5, 0.6) is 0 Å². The lowest BCUT2D eigenvalue weighted by Crippen LogP contribution is -2.51. The third-order valence-corrected chi connectivity index (χ3v) is 3.41. The number of nitrogens with one attached hydrogen (secondary N) is 1. The second kappa shape index (κ2) is 6.88. The van der Waals surface area contributed by atoms with Crippen LogP contribution in [-0.2, 0) is 11.3 Å². The molecule has 1 aliphatic rings. The number of hydrogen-bond acceptors (Lipinski definition) is 5. The number of rotatable bonds is 5. The quantitative estimate of drug-likeness (QED) is 0.851. The van der Waals surface area contributed by atoms with Gasteiger partial charge in [-0.2, -0.15) is 0 Å². The Morgan fingerprint density at radius 2 is 2.26 bits per heavy atom. The van der Waals surface area contributed by atoms with Crippen molar-refractivity contribution in [1.29, 1.82) is 0 Å². The van der Waals surface area contributed by atoms with Crippen molar-refractivity contribution >= 4 is 18.3 Å². The van der Waals surface area contributed by atoms with Crippen LogP contribution in [0.25, 0.3) is 0 Å². The van der Waals surface area contributed by atoms with Gasteiger partial charge in [-0.05, 0) is 12.8 Å². The first-order chi connectivity index (χ1) is 8.69. The lowest BCUT2D eigenvalue weighted by Gasteiger charge is -2.28. The molecule has 1 heterocycles. The smallest absolute Gasteiger partial charge is 0.273 e. The summed E-state index contributed by atoms with van der Waals surface area (Å²) < 4.78 is 9.90. The maximum absolute atomic E-state index is 12.1. The van der Waals surface area contributed by atoms with Crippen molar-refractivity contribution in [1.82, 2.24) is 10.5 Å². The summed E-state index contributed by atoms with van der Waals surface area (Å²) >= 11 is 0. The number of amides is 1. The number of aromatic nitrogens is 1. The molecule has 0 atom stereocenters. The first-order valence-corrected chi connectivity index (χ1v) is 6.16. The standard InChI is InChI=1S/C12H19N3O3.ClH/c1-17-7-9-6-10(15-18-9)11(16)14-12(8-13)4-2-3-5-12;/h6H,2-5,7-8,13H2,1H3,(H,14,16);1H. The summed E-state index contributed by atoms with van der Waals surface area (Å²) in [6.45, 7) is 0.768. The van der Waals surface area contributed by atoms with Gasteiger partial charge >= 0.3 is 0 Å². The van der Waals surface area contributed by atoms with E-state index in [4.69, 9.17) is 15.0 Å². The van der Waals surface area contributed by atoms with Gasteiger partial charge in [0.2, 0.25) is 0 Å². The van der Waals surface area contributed by atoms with E-state index in [0.717, 1.165) is 25.7 Å². The van der Waals surface area contributed by atoms with Crippen LogP contribution in [0, 0.1) is 0 Å². The monoisotopic (exact) mass is 289 g/mol. The molecule has 0 saturated heterocycles. The van der Waals surface area contributed by atoms with Crippen molar-refractivity contribution in [3.63, 3.8) is 0 Å². The van der Waals surface area contributed by atoms with E-state index >= 15 is 0 Å². The van der Waals surface area contributed by atoms with Crippen LogP contribution in [0.15, 0.2) is 10.6 Å². The van der Waals surface area contributed by atoms with Crippen LogP contribution < -0.4 is 11.1 Å². The van der Waals surface area contributed by atoms with Gasteiger partial charge in [-0.3, -0.25) is 4.79 Å². The molecule has 0 aliphatic heterocycles. The van der Waals surface area contributed by atoms with Gasteiger partial charge < -0.3 is 20.3 Å². The highest BCUT2D eigenvalue weighted by Gasteiger charge is 2.34. The molecule has 6 nitrogen and oxygen atoms in total. The number of nitrogens with zero attached hydrogens (tertiary/aromatic N) is 1. The Kier molecular flexibility index (Phi) is 5.78. The molecule has 1 amide bonds. The van der Waals surface area contributed by atoms with E-state index < -0.39 is 0 Å². The molecule has 1 fully saturated rings. The maximum Gasteiger partial charge on any atom is 0.273 e. The van der Waals surface area contributed by atoms with Crippen molar-refractivity contribution in [3.05, 3.63) is 17.5 Å². The van der Waals surface area contributed by atoms with Crippen LogP contribution in [0.1, 0.15) is 41.9 Å². The van der Waals surface area contributed by atoms with Crippen molar-refractivity contribution < 1.29 is 14.1 Å². The van der Waals surface area contributed by atoms with Crippen LogP contribution in [0.3, 0.4) is 0 Å². The van der Waals surface area contributed by atoms with E-state index in [9.17, 15) is 4.79 Å². The number of carbonyl (C=O) groups excluding carboxylic acids is 1. The zero-order chi connectivity index (χ0) is 13.0. The molecular formula is C12H20ClN3O3. The predicted molar refractivity (Wildman–Crippen MR) is 72.2 cm³/mol. The van der Waals surface area contributed by atoms with Gasteiger partial charge in [0, 0.05) is 19.7 Å². The molecule has 0 radical (unpaired) electrons. The Morgan fingerprint density at radius 3 is 2.84 bits per heavy atom. The van der Waals surface area contributed by atoms with E-state index in [-0.39, 0.29) is 29.5 Å². The predicted octanol–water partition coefficient (Wildman–Crippen LogP) is 1.24. The molecule has 1 aromatic rings. The van der Waals surface area contributed by atoms with Gasteiger partial charge in [0.25, 0.3) is 5.91 Å². The summed E-state index contributed by atoms with van der Waals surface area (Å²) in [6.07, 6.45) is 4.06. The highest BCUT2D eigenvalue weighted by Crippen LogP contribution is 2.28. The molecule has 7 heteroatoms. The molecule has 2 rings (SSSR count). The summed E-state index contributed by atoms with van der Waals surface area (Å²) in [6, 6.07) is 1.60. The lowest BCUT2D eigenvalue weighted by atomic mass is 9.97. The zero-order valence-corrected chi connectivity index (χ0v) is 11.8. The zero-order valence-electron chi connectivity index (χ0n) is 11.0. The highest BCUT2D eigenvalue weighted by molar-refractivity contribution is 5.92. The minimum atomic E-state index is -0.266. The van der Waals surface area contributed by atoms with Gasteiger partial charge in [0.1, 0.15) is 6.61 Å². The first kappa shape index (κ1) is 15.9. The van der Waals surface area contributed by atoms with E-state index in [1.165, 1.54) is 0 Å². The molecule has 0 aromatic carbocycles. The lowest BCUT2D eigenvalue weighted by molar-refractivity contribution is 0.0893. The summed E-state index contributed by atoms with van der Waals surface area (Å²) in [7, 11) is 1.56. The van der Waals surface area contributed by atoms with Gasteiger partial charge in [-0.25, -0.2) is 0 Å². The Labute approximate surface area is 118 Å². The largest absolute Gasteiger partial charge is 0.377 e. The molecule has 0 bridgehead atoms. The van der Waals surface area contributed by atoms with E-state index in [1.807, 2.05) is 0 Å². The van der Waals surface area contributed by atoms with Crippen molar-refractivity contribution in [3.8, 4) is 0 Å². The first-order valence-electron chi connectivity index (χ1n) is 6.16. The van der Waals surface area contributed by atoms with Crippen LogP contribution >= 0.6 is 12.4 Å².